The molecule has 0 N–H and O–H groups in total. The summed E-state index contributed by atoms with van der Waals surface area (Å²) in [6, 6.07) is 53.9. The summed E-state index contributed by atoms with van der Waals surface area (Å²) in [6.07, 6.45) is 8.36. The smallest absolute Gasteiger partial charge is 0.164 e. The highest BCUT2D eigenvalue weighted by atomic mass is 15.0. The van der Waals surface area contributed by atoms with E-state index in [1.165, 1.54) is 55.2 Å². The van der Waals surface area contributed by atoms with Crippen LogP contribution in [0.25, 0.3) is 56.4 Å². The zero-order valence-electron chi connectivity index (χ0n) is 30.7. The van der Waals surface area contributed by atoms with E-state index < -0.39 is 0 Å². The molecule has 55 heavy (non-hydrogen) atoms. The fraction of sp³-hybridized carbons (Fsp3) is 0.216. The Morgan fingerprint density at radius 2 is 1.09 bits per heavy atom. The summed E-state index contributed by atoms with van der Waals surface area (Å²) < 4.78 is 0. The molecular weight excluding hydrogens is 669 g/mol. The Morgan fingerprint density at radius 3 is 1.80 bits per heavy atom. The van der Waals surface area contributed by atoms with Crippen molar-refractivity contribution in [3.8, 4) is 62.5 Å². The minimum Gasteiger partial charge on any atom is -0.208 e. The average molecular weight is 709 g/mol. The van der Waals surface area contributed by atoms with Gasteiger partial charge in [0.25, 0.3) is 0 Å². The monoisotopic (exact) mass is 708 g/mol. The maximum atomic E-state index is 9.87. The Balaban J connectivity index is 1.08. The average Bonchev–Trinajstić information content (AvgIpc) is 3.57. The van der Waals surface area contributed by atoms with E-state index in [-0.39, 0.29) is 5.92 Å². The number of hydrogen-bond acceptors (Lipinski definition) is 4. The van der Waals surface area contributed by atoms with Crippen LogP contribution in [-0.4, -0.2) is 15.0 Å². The highest BCUT2D eigenvalue weighted by molar-refractivity contribution is 5.88. The summed E-state index contributed by atoms with van der Waals surface area (Å²) in [5.41, 5.74) is 13.5. The number of nitriles is 1. The highest BCUT2D eigenvalue weighted by Crippen LogP contribution is 2.61. The van der Waals surface area contributed by atoms with Gasteiger partial charge in [-0.2, -0.15) is 5.26 Å². The third-order valence-electron chi connectivity index (χ3n) is 13.2. The van der Waals surface area contributed by atoms with Gasteiger partial charge in [-0.05, 0) is 124 Å². The molecule has 1 heterocycles. The van der Waals surface area contributed by atoms with Gasteiger partial charge in [-0.25, -0.2) is 15.0 Å². The largest absolute Gasteiger partial charge is 0.208 e. The molecule has 4 heteroatoms. The first-order valence-electron chi connectivity index (χ1n) is 19.9. The number of nitrogens with zero attached hydrogens (tertiary/aromatic N) is 4. The molecule has 5 aliphatic rings. The van der Waals surface area contributed by atoms with E-state index in [1.54, 1.807) is 0 Å². The van der Waals surface area contributed by atoms with Gasteiger partial charge in [-0.15, -0.1) is 0 Å². The second-order valence-electron chi connectivity index (χ2n) is 16.6. The van der Waals surface area contributed by atoms with Crippen molar-refractivity contribution in [2.75, 3.05) is 0 Å². The molecule has 0 saturated heterocycles. The third kappa shape index (κ3) is 5.44. The van der Waals surface area contributed by atoms with Crippen LogP contribution >= 0.6 is 0 Å². The molecule has 1 atom stereocenters. The Morgan fingerprint density at radius 1 is 0.491 bits per heavy atom. The molecule has 4 bridgehead atoms. The molecule has 12 rings (SSSR count). The van der Waals surface area contributed by atoms with Gasteiger partial charge in [0.1, 0.15) is 0 Å². The van der Waals surface area contributed by atoms with Gasteiger partial charge >= 0.3 is 0 Å². The minimum atomic E-state index is -0.0280. The van der Waals surface area contributed by atoms with Gasteiger partial charge in [0.2, 0.25) is 0 Å². The summed E-state index contributed by atoms with van der Waals surface area (Å²) in [6.45, 7) is 0. The van der Waals surface area contributed by atoms with Crippen molar-refractivity contribution in [1.82, 2.24) is 15.0 Å². The molecule has 7 aromatic rings. The van der Waals surface area contributed by atoms with E-state index in [0.29, 0.717) is 28.5 Å². The summed E-state index contributed by atoms with van der Waals surface area (Å²) in [5, 5.41) is 9.87. The molecule has 4 saturated carbocycles. The van der Waals surface area contributed by atoms with Gasteiger partial charge < -0.3 is 0 Å². The van der Waals surface area contributed by atoms with Crippen molar-refractivity contribution in [2.45, 2.75) is 49.9 Å². The van der Waals surface area contributed by atoms with E-state index in [4.69, 9.17) is 15.0 Å². The Kier molecular flexibility index (Phi) is 7.46. The van der Waals surface area contributed by atoms with Crippen molar-refractivity contribution in [1.29, 1.82) is 5.26 Å². The molecule has 1 unspecified atom stereocenters. The normalized spacial score (nSPS) is 22.9. The van der Waals surface area contributed by atoms with Crippen LogP contribution in [0.2, 0.25) is 0 Å². The molecule has 0 radical (unpaired) electrons. The predicted molar refractivity (Wildman–Crippen MR) is 219 cm³/mol. The zero-order valence-corrected chi connectivity index (χ0v) is 30.7. The number of aromatic nitrogens is 3. The van der Waals surface area contributed by atoms with Crippen molar-refractivity contribution >= 4 is 0 Å². The minimum absolute atomic E-state index is 0.0280. The second-order valence-corrected chi connectivity index (χ2v) is 16.6. The molecular formula is C51H40N4. The van der Waals surface area contributed by atoms with Crippen LogP contribution in [0.15, 0.2) is 146 Å². The van der Waals surface area contributed by atoms with Crippen LogP contribution < -0.4 is 0 Å². The first-order valence-corrected chi connectivity index (χ1v) is 19.9. The number of benzene rings is 6. The lowest BCUT2D eigenvalue weighted by molar-refractivity contribution is -0.00518. The zero-order chi connectivity index (χ0) is 36.5. The molecule has 4 nitrogen and oxygen atoms in total. The molecule has 0 aliphatic heterocycles. The summed E-state index contributed by atoms with van der Waals surface area (Å²) in [5.74, 6) is 4.65. The number of fused-ring (bicyclic) bond motifs is 3. The van der Waals surface area contributed by atoms with Gasteiger partial charge in [0, 0.05) is 22.6 Å². The van der Waals surface area contributed by atoms with Crippen LogP contribution in [0.5, 0.6) is 0 Å². The van der Waals surface area contributed by atoms with Crippen LogP contribution in [0.1, 0.15) is 72.3 Å². The molecule has 4 fully saturated rings. The second kappa shape index (κ2) is 12.7. The summed E-state index contributed by atoms with van der Waals surface area (Å²) >= 11 is 0. The number of hydrogen-bond donors (Lipinski definition) is 0. The van der Waals surface area contributed by atoms with Gasteiger partial charge in [0.05, 0.1) is 11.6 Å². The molecule has 5 aliphatic carbocycles. The Labute approximate surface area is 322 Å². The molecule has 6 aromatic carbocycles. The first-order chi connectivity index (χ1) is 27.1. The summed E-state index contributed by atoms with van der Waals surface area (Å²) in [4.78, 5) is 15.9. The highest BCUT2D eigenvalue weighted by Gasteiger charge is 2.51. The molecule has 1 aromatic heterocycles. The molecule has 0 amide bonds. The van der Waals surface area contributed by atoms with E-state index in [1.807, 2.05) is 18.2 Å². The van der Waals surface area contributed by atoms with E-state index >= 15 is 0 Å². The fourth-order valence-corrected chi connectivity index (χ4v) is 11.2. The predicted octanol–water partition coefficient (Wildman–Crippen LogP) is 12.0. The fourth-order valence-electron chi connectivity index (χ4n) is 11.2. The Hall–Kier alpha value is -6.18. The quantitative estimate of drug-likeness (QED) is 0.172. The SMILES string of the molecule is N#Cc1ccc2c(c1)-c1cccc(-c3nc(-c4ccc(C56C[C@H]7C[C@H](C5)C[C@@H](C6)C7)cc4)nc(-c4cccc(-c5ccccc5)c4)n3)c1C2c1ccccc1. The lowest BCUT2D eigenvalue weighted by Crippen LogP contribution is -2.48. The van der Waals surface area contributed by atoms with Crippen LogP contribution in [0, 0.1) is 29.1 Å². The van der Waals surface area contributed by atoms with E-state index in [0.717, 1.165) is 62.3 Å². The van der Waals surface area contributed by atoms with E-state index in [9.17, 15) is 5.26 Å². The van der Waals surface area contributed by atoms with Crippen molar-refractivity contribution in [3.05, 3.63) is 173 Å². The van der Waals surface area contributed by atoms with Crippen molar-refractivity contribution in [2.24, 2.45) is 17.8 Å². The van der Waals surface area contributed by atoms with Crippen molar-refractivity contribution < 1.29 is 0 Å². The van der Waals surface area contributed by atoms with Crippen LogP contribution in [0.4, 0.5) is 0 Å². The van der Waals surface area contributed by atoms with Crippen molar-refractivity contribution in [3.63, 3.8) is 0 Å². The van der Waals surface area contributed by atoms with Gasteiger partial charge in [-0.3, -0.25) is 0 Å². The first kappa shape index (κ1) is 32.3. The van der Waals surface area contributed by atoms with Gasteiger partial charge in [0.15, 0.2) is 17.5 Å². The summed E-state index contributed by atoms with van der Waals surface area (Å²) in [7, 11) is 0. The van der Waals surface area contributed by atoms with Crippen LogP contribution in [-0.2, 0) is 5.41 Å². The molecule has 0 spiro atoms. The van der Waals surface area contributed by atoms with E-state index in [2.05, 4.69) is 133 Å². The standard InChI is InChI=1S/C51H40N4/c52-31-32-17-22-43-45(26-32)42-15-8-16-44(47(42)46(43)37-11-5-2-6-12-37)50-54-48(53-49(55-50)40-14-7-13-39(27-40)36-9-3-1-4-10-36)38-18-20-41(21-19-38)51-28-33-23-34(29-51)25-35(24-33)30-51/h1-22,26-27,33-35,46H,23-25,28-30H2/t33-,34-,35-,46?,51?. The van der Waals surface area contributed by atoms with Crippen LogP contribution in [0.3, 0.4) is 0 Å². The lowest BCUT2D eigenvalue weighted by Gasteiger charge is -2.57. The Bertz CT molecular complexity index is 2600. The lowest BCUT2D eigenvalue weighted by atomic mass is 9.48. The number of rotatable bonds is 6. The molecule has 264 valence electrons. The maximum Gasteiger partial charge on any atom is 0.164 e. The van der Waals surface area contributed by atoms with Gasteiger partial charge in [-0.1, -0.05) is 127 Å². The third-order valence-corrected chi connectivity index (χ3v) is 13.2. The maximum absolute atomic E-state index is 9.87. The topological polar surface area (TPSA) is 62.5 Å².